The van der Waals surface area contributed by atoms with Crippen LogP contribution < -0.4 is 5.32 Å². The average Bonchev–Trinajstić information content (AvgIpc) is 2.61. The van der Waals surface area contributed by atoms with Crippen molar-refractivity contribution in [3.05, 3.63) is 42.5 Å². The first-order chi connectivity index (χ1) is 11.7. The third kappa shape index (κ3) is 3.81. The maximum Gasteiger partial charge on any atom is 0.321 e. The Kier molecular flexibility index (Phi) is 5.56. The number of piperidine rings is 2. The molecule has 0 aliphatic carbocycles. The molecule has 0 unspecified atom stereocenters. The van der Waals surface area contributed by atoms with E-state index in [2.05, 4.69) is 29.9 Å². The number of para-hydroxylation sites is 1. The van der Waals surface area contributed by atoms with E-state index in [4.69, 9.17) is 0 Å². The zero-order valence-corrected chi connectivity index (χ0v) is 14.7. The molecule has 2 fully saturated rings. The van der Waals surface area contributed by atoms with Gasteiger partial charge in [-0.25, -0.2) is 4.79 Å². The average molecular weight is 327 g/mol. The minimum Gasteiger partial charge on any atom is -0.324 e. The highest BCUT2D eigenvalue weighted by molar-refractivity contribution is 5.90. The highest BCUT2D eigenvalue weighted by Crippen LogP contribution is 2.30. The Morgan fingerprint density at radius 1 is 1.33 bits per heavy atom. The number of nitrogens with one attached hydrogen (secondary N) is 1. The molecule has 2 heterocycles. The molecule has 3 rings (SSSR count). The minimum atomic E-state index is 0.0488. The lowest BCUT2D eigenvalue weighted by molar-refractivity contribution is 0.0542. The molecule has 1 N–H and O–H groups in total. The predicted octanol–water partition coefficient (Wildman–Crippen LogP) is 3.75. The van der Waals surface area contributed by atoms with Crippen LogP contribution in [-0.2, 0) is 6.42 Å². The number of aryl methyl sites for hydroxylation is 1. The number of anilines is 1. The minimum absolute atomic E-state index is 0.0488. The molecule has 0 radical (unpaired) electrons. The summed E-state index contributed by atoms with van der Waals surface area (Å²) in [4.78, 5) is 17.2. The van der Waals surface area contributed by atoms with E-state index in [-0.39, 0.29) is 6.03 Å². The number of nitrogens with zero attached hydrogens (tertiary/aromatic N) is 2. The zero-order chi connectivity index (χ0) is 16.9. The topological polar surface area (TPSA) is 35.6 Å². The molecule has 1 aromatic rings. The summed E-state index contributed by atoms with van der Waals surface area (Å²) in [6, 6.07) is 8.79. The van der Waals surface area contributed by atoms with Gasteiger partial charge in [0, 0.05) is 24.8 Å². The fraction of sp³-hybridized carbons (Fsp3) is 0.550. The van der Waals surface area contributed by atoms with Crippen LogP contribution in [0.1, 0.15) is 31.2 Å². The van der Waals surface area contributed by atoms with E-state index in [0.29, 0.717) is 12.0 Å². The Bertz CT molecular complexity index is 586. The van der Waals surface area contributed by atoms with Crippen molar-refractivity contribution in [2.45, 2.75) is 38.1 Å². The van der Waals surface area contributed by atoms with E-state index >= 15 is 0 Å². The molecule has 2 amide bonds. The summed E-state index contributed by atoms with van der Waals surface area (Å²) in [6.07, 6.45) is 7.34. The van der Waals surface area contributed by atoms with Crippen molar-refractivity contribution < 1.29 is 4.79 Å². The van der Waals surface area contributed by atoms with Crippen LogP contribution in [-0.4, -0.2) is 48.6 Å². The molecule has 4 nitrogen and oxygen atoms in total. The highest BCUT2D eigenvalue weighted by atomic mass is 16.2. The van der Waals surface area contributed by atoms with Gasteiger partial charge in [-0.1, -0.05) is 24.3 Å². The largest absolute Gasteiger partial charge is 0.324 e. The maximum absolute atomic E-state index is 12.7. The Balaban J connectivity index is 1.62. The normalized spacial score (nSPS) is 24.3. The summed E-state index contributed by atoms with van der Waals surface area (Å²) in [7, 11) is 2.22. The van der Waals surface area contributed by atoms with Crippen molar-refractivity contribution in [3.8, 4) is 0 Å². The Labute approximate surface area is 145 Å². The number of hydrogen-bond donors (Lipinski definition) is 1. The second kappa shape index (κ2) is 7.84. The van der Waals surface area contributed by atoms with Crippen LogP contribution in [0.4, 0.5) is 10.5 Å². The smallest absolute Gasteiger partial charge is 0.321 e. The van der Waals surface area contributed by atoms with Crippen LogP contribution in [0.3, 0.4) is 0 Å². The molecule has 2 aliphatic rings. The molecular weight excluding hydrogens is 298 g/mol. The molecule has 24 heavy (non-hydrogen) atoms. The van der Waals surface area contributed by atoms with Crippen molar-refractivity contribution in [2.24, 2.45) is 5.92 Å². The van der Waals surface area contributed by atoms with Crippen molar-refractivity contribution in [2.75, 3.05) is 32.0 Å². The lowest BCUT2D eigenvalue weighted by Crippen LogP contribution is -2.54. The molecule has 0 aromatic heterocycles. The van der Waals surface area contributed by atoms with Gasteiger partial charge in [-0.05, 0) is 63.2 Å². The highest BCUT2D eigenvalue weighted by Gasteiger charge is 2.35. The number of urea groups is 1. The van der Waals surface area contributed by atoms with Crippen molar-refractivity contribution >= 4 is 11.7 Å². The third-order valence-corrected chi connectivity index (χ3v) is 5.51. The van der Waals surface area contributed by atoms with Gasteiger partial charge in [0.1, 0.15) is 0 Å². The molecule has 0 bridgehead atoms. The van der Waals surface area contributed by atoms with Crippen LogP contribution in [0.15, 0.2) is 36.9 Å². The van der Waals surface area contributed by atoms with Gasteiger partial charge >= 0.3 is 6.03 Å². The van der Waals surface area contributed by atoms with Crippen LogP contribution in [0.2, 0.25) is 0 Å². The number of fused-ring (bicyclic) bond motifs is 1. The number of allylic oxidation sites excluding steroid dienone is 1. The van der Waals surface area contributed by atoms with E-state index in [1.807, 2.05) is 29.2 Å². The molecule has 0 saturated carbocycles. The number of hydrogen-bond acceptors (Lipinski definition) is 2. The summed E-state index contributed by atoms with van der Waals surface area (Å²) in [6.45, 7) is 6.72. The van der Waals surface area contributed by atoms with Crippen LogP contribution in [0.25, 0.3) is 0 Å². The number of likely N-dealkylation sites (tertiary alicyclic amines) is 2. The maximum atomic E-state index is 12.7. The first-order valence-electron chi connectivity index (χ1n) is 9.14. The van der Waals surface area contributed by atoms with Gasteiger partial charge in [-0.2, -0.15) is 0 Å². The zero-order valence-electron chi connectivity index (χ0n) is 14.7. The fourth-order valence-electron chi connectivity index (χ4n) is 4.15. The molecular formula is C20H29N3O. The number of rotatable bonds is 4. The van der Waals surface area contributed by atoms with Gasteiger partial charge in [-0.15, -0.1) is 6.58 Å². The van der Waals surface area contributed by atoms with Crippen LogP contribution in [0, 0.1) is 5.92 Å². The summed E-state index contributed by atoms with van der Waals surface area (Å²) in [5.41, 5.74) is 2.12. The van der Waals surface area contributed by atoms with E-state index in [9.17, 15) is 4.79 Å². The molecule has 0 spiro atoms. The van der Waals surface area contributed by atoms with Gasteiger partial charge in [0.15, 0.2) is 0 Å². The number of amides is 2. The van der Waals surface area contributed by atoms with E-state index in [0.717, 1.165) is 38.0 Å². The summed E-state index contributed by atoms with van der Waals surface area (Å²) in [5.74, 6) is 0.624. The van der Waals surface area contributed by atoms with Crippen LogP contribution >= 0.6 is 0 Å². The van der Waals surface area contributed by atoms with E-state index < -0.39 is 0 Å². The first-order valence-corrected chi connectivity index (χ1v) is 9.14. The van der Waals surface area contributed by atoms with Gasteiger partial charge < -0.3 is 15.1 Å². The van der Waals surface area contributed by atoms with Gasteiger partial charge in [0.25, 0.3) is 0 Å². The van der Waals surface area contributed by atoms with E-state index in [1.54, 1.807) is 0 Å². The standard InChI is InChI=1S/C20H29N3O/c1-3-4-8-16-9-5-6-11-18(16)21-20(24)23-14-12-19-17(15-23)10-7-13-22(19)2/h3,5-6,9,11,17,19H,1,4,7-8,10,12-15H2,2H3,(H,21,24)/t17-,19-/m1/s1. The molecule has 1 aromatic carbocycles. The molecule has 130 valence electrons. The Hall–Kier alpha value is -1.81. The molecule has 2 aliphatic heterocycles. The van der Waals surface area contributed by atoms with Crippen molar-refractivity contribution in [1.82, 2.24) is 9.80 Å². The van der Waals surface area contributed by atoms with E-state index in [1.165, 1.54) is 24.9 Å². The molecule has 2 atom stereocenters. The van der Waals surface area contributed by atoms with Crippen molar-refractivity contribution in [3.63, 3.8) is 0 Å². The lowest BCUT2D eigenvalue weighted by atomic mass is 9.84. The quantitative estimate of drug-likeness (QED) is 0.855. The predicted molar refractivity (Wildman–Crippen MR) is 99.3 cm³/mol. The molecule has 2 saturated heterocycles. The Morgan fingerprint density at radius 3 is 3.00 bits per heavy atom. The second-order valence-electron chi connectivity index (χ2n) is 7.10. The van der Waals surface area contributed by atoms with Crippen molar-refractivity contribution in [1.29, 1.82) is 0 Å². The van der Waals surface area contributed by atoms with Crippen LogP contribution in [0.5, 0.6) is 0 Å². The summed E-state index contributed by atoms with van der Waals surface area (Å²) >= 11 is 0. The van der Waals surface area contributed by atoms with Gasteiger partial charge in [-0.3, -0.25) is 0 Å². The number of benzene rings is 1. The number of carbonyl (C=O) groups excluding carboxylic acids is 1. The summed E-state index contributed by atoms with van der Waals surface area (Å²) in [5, 5.41) is 3.13. The third-order valence-electron chi connectivity index (χ3n) is 5.51. The summed E-state index contributed by atoms with van der Waals surface area (Å²) < 4.78 is 0. The first kappa shape index (κ1) is 17.0. The van der Waals surface area contributed by atoms with Gasteiger partial charge in [0.2, 0.25) is 0 Å². The Morgan fingerprint density at radius 2 is 2.17 bits per heavy atom. The monoisotopic (exact) mass is 327 g/mol. The lowest BCUT2D eigenvalue weighted by Gasteiger charge is -2.45. The molecule has 4 heteroatoms. The SMILES string of the molecule is C=CCCc1ccccc1NC(=O)N1CC[C@@H]2[C@H](CCCN2C)C1. The van der Waals surface area contributed by atoms with Gasteiger partial charge in [0.05, 0.1) is 0 Å². The number of carbonyl (C=O) groups is 1. The second-order valence-corrected chi connectivity index (χ2v) is 7.10. The fourth-order valence-corrected chi connectivity index (χ4v) is 4.15.